The molecule has 0 spiro atoms. The number of anilines is 2. The molecule has 2 rings (SSSR count). The summed E-state index contributed by atoms with van der Waals surface area (Å²) in [7, 11) is 1.81. The molecule has 0 atom stereocenters. The normalized spacial score (nSPS) is 16.8. The fraction of sp³-hybridized carbons (Fsp3) is 0.455. The molecule has 0 aliphatic carbocycles. The van der Waals surface area contributed by atoms with Gasteiger partial charge < -0.3 is 15.5 Å². The minimum Gasteiger partial charge on any atom is -0.396 e. The summed E-state index contributed by atoms with van der Waals surface area (Å²) < 4.78 is 0. The molecule has 1 saturated heterocycles. The number of carbonyl (C=O) groups is 1. The maximum atomic E-state index is 11.6. The molecule has 16 heavy (non-hydrogen) atoms. The third-order valence-corrected chi connectivity index (χ3v) is 2.80. The molecule has 5 nitrogen and oxygen atoms in total. The summed E-state index contributed by atoms with van der Waals surface area (Å²) in [5.74, 6) is 0.829. The Balaban J connectivity index is 2.24. The van der Waals surface area contributed by atoms with E-state index in [1.54, 1.807) is 4.90 Å². The zero-order valence-electron chi connectivity index (χ0n) is 9.60. The first-order valence-corrected chi connectivity index (χ1v) is 5.30. The number of nitrogen functional groups attached to an aromatic ring is 1. The van der Waals surface area contributed by atoms with E-state index in [0.29, 0.717) is 18.8 Å². The molecule has 1 aliphatic rings. The van der Waals surface area contributed by atoms with Gasteiger partial charge in [-0.05, 0) is 19.1 Å². The lowest BCUT2D eigenvalue weighted by molar-refractivity contribution is -0.129. The number of hydrogen-bond donors (Lipinski definition) is 1. The van der Waals surface area contributed by atoms with Crippen LogP contribution >= 0.6 is 0 Å². The van der Waals surface area contributed by atoms with Gasteiger partial charge in [-0.15, -0.1) is 0 Å². The zero-order valence-corrected chi connectivity index (χ0v) is 9.60. The van der Waals surface area contributed by atoms with Crippen molar-refractivity contribution in [3.8, 4) is 0 Å². The highest BCUT2D eigenvalue weighted by molar-refractivity contribution is 5.83. The summed E-state index contributed by atoms with van der Waals surface area (Å²) in [5, 5.41) is 0. The summed E-state index contributed by atoms with van der Waals surface area (Å²) >= 11 is 0. The van der Waals surface area contributed by atoms with E-state index in [2.05, 4.69) is 4.98 Å². The number of nitrogens with zero attached hydrogens (tertiary/aromatic N) is 3. The minimum atomic E-state index is 0.106. The molecule has 1 aromatic rings. The van der Waals surface area contributed by atoms with E-state index < -0.39 is 0 Å². The Kier molecular flexibility index (Phi) is 2.68. The number of likely N-dealkylation sites (N-methyl/N-ethyl adjacent to an activating group) is 1. The van der Waals surface area contributed by atoms with Crippen LogP contribution in [-0.4, -0.2) is 42.5 Å². The first-order valence-electron chi connectivity index (χ1n) is 5.30. The molecule has 1 fully saturated rings. The van der Waals surface area contributed by atoms with E-state index in [0.717, 1.165) is 18.1 Å². The van der Waals surface area contributed by atoms with Crippen LogP contribution in [0.5, 0.6) is 0 Å². The molecule has 2 heterocycles. The van der Waals surface area contributed by atoms with Crippen LogP contribution < -0.4 is 10.6 Å². The number of carbonyl (C=O) groups excluding carboxylic acids is 1. The smallest absolute Gasteiger partial charge is 0.241 e. The number of aryl methyl sites for hydroxylation is 1. The molecule has 0 saturated carbocycles. The molecule has 0 radical (unpaired) electrons. The molecule has 0 unspecified atom stereocenters. The number of rotatable bonds is 1. The predicted octanol–water partition coefficient (Wildman–Crippen LogP) is 0.251. The van der Waals surface area contributed by atoms with Crippen LogP contribution in [0.4, 0.5) is 11.5 Å². The fourth-order valence-corrected chi connectivity index (χ4v) is 1.75. The molecule has 1 amide bonds. The number of hydrogen-bond acceptors (Lipinski definition) is 4. The number of aromatic nitrogens is 1. The second-order valence-electron chi connectivity index (χ2n) is 4.10. The Morgan fingerprint density at radius 2 is 2.12 bits per heavy atom. The van der Waals surface area contributed by atoms with Gasteiger partial charge in [-0.25, -0.2) is 4.98 Å². The van der Waals surface area contributed by atoms with Crippen LogP contribution in [0.1, 0.15) is 5.69 Å². The van der Waals surface area contributed by atoms with Crippen molar-refractivity contribution in [2.75, 3.05) is 37.3 Å². The first-order chi connectivity index (χ1) is 7.58. The van der Waals surface area contributed by atoms with Crippen LogP contribution in [0.25, 0.3) is 0 Å². The van der Waals surface area contributed by atoms with Gasteiger partial charge >= 0.3 is 0 Å². The average Bonchev–Trinajstić information content (AvgIpc) is 2.26. The summed E-state index contributed by atoms with van der Waals surface area (Å²) in [4.78, 5) is 19.6. The van der Waals surface area contributed by atoms with Crippen LogP contribution in [0.15, 0.2) is 12.1 Å². The van der Waals surface area contributed by atoms with Crippen molar-refractivity contribution in [3.05, 3.63) is 17.8 Å². The van der Waals surface area contributed by atoms with Crippen molar-refractivity contribution in [1.82, 2.24) is 9.88 Å². The molecule has 0 bridgehead atoms. The summed E-state index contributed by atoms with van der Waals surface area (Å²) in [6.07, 6.45) is 0. The Bertz CT molecular complexity index is 418. The third kappa shape index (κ3) is 1.93. The van der Waals surface area contributed by atoms with Crippen LogP contribution in [-0.2, 0) is 4.79 Å². The Morgan fingerprint density at radius 3 is 2.81 bits per heavy atom. The van der Waals surface area contributed by atoms with Crippen molar-refractivity contribution < 1.29 is 4.79 Å². The summed E-state index contributed by atoms with van der Waals surface area (Å²) in [6, 6.07) is 3.71. The highest BCUT2D eigenvalue weighted by Crippen LogP contribution is 2.21. The largest absolute Gasteiger partial charge is 0.396 e. The second-order valence-corrected chi connectivity index (χ2v) is 4.10. The quantitative estimate of drug-likeness (QED) is 0.737. The van der Waals surface area contributed by atoms with Gasteiger partial charge in [-0.3, -0.25) is 4.79 Å². The van der Waals surface area contributed by atoms with Gasteiger partial charge in [-0.2, -0.15) is 0 Å². The van der Waals surface area contributed by atoms with E-state index >= 15 is 0 Å². The Hall–Kier alpha value is -1.78. The monoisotopic (exact) mass is 220 g/mol. The average molecular weight is 220 g/mol. The Morgan fingerprint density at radius 1 is 1.38 bits per heavy atom. The molecule has 0 aromatic carbocycles. The molecule has 5 heteroatoms. The lowest BCUT2D eigenvalue weighted by atomic mass is 10.2. The summed E-state index contributed by atoms with van der Waals surface area (Å²) in [6.45, 7) is 3.77. The topological polar surface area (TPSA) is 62.5 Å². The maximum Gasteiger partial charge on any atom is 0.241 e. The molecule has 1 aliphatic heterocycles. The van der Waals surface area contributed by atoms with Crippen molar-refractivity contribution in [2.24, 2.45) is 0 Å². The van der Waals surface area contributed by atoms with Crippen molar-refractivity contribution >= 4 is 17.4 Å². The standard InChI is InChI=1S/C11H16N4O/c1-8-3-4-9(12)11(13-8)15-6-5-14(2)10(16)7-15/h3-4H,5-7,12H2,1-2H3. The van der Waals surface area contributed by atoms with Gasteiger partial charge in [0.1, 0.15) is 0 Å². The molecular formula is C11H16N4O. The second kappa shape index (κ2) is 4.00. The van der Waals surface area contributed by atoms with Crippen LogP contribution in [0.3, 0.4) is 0 Å². The van der Waals surface area contributed by atoms with E-state index in [4.69, 9.17) is 5.73 Å². The molecule has 2 N–H and O–H groups in total. The highest BCUT2D eigenvalue weighted by Gasteiger charge is 2.23. The molecule has 1 aromatic heterocycles. The van der Waals surface area contributed by atoms with E-state index in [1.165, 1.54) is 0 Å². The van der Waals surface area contributed by atoms with E-state index in [9.17, 15) is 4.79 Å². The maximum absolute atomic E-state index is 11.6. The number of pyridine rings is 1. The van der Waals surface area contributed by atoms with Crippen molar-refractivity contribution in [2.45, 2.75) is 6.92 Å². The first kappa shape index (κ1) is 10.7. The highest BCUT2D eigenvalue weighted by atomic mass is 16.2. The van der Waals surface area contributed by atoms with Gasteiger partial charge in [0.05, 0.1) is 12.2 Å². The Labute approximate surface area is 94.9 Å². The van der Waals surface area contributed by atoms with Gasteiger partial charge in [0.2, 0.25) is 5.91 Å². The SMILES string of the molecule is Cc1ccc(N)c(N2CCN(C)C(=O)C2)n1. The van der Waals surface area contributed by atoms with Gasteiger partial charge in [0.15, 0.2) is 5.82 Å². The number of nitrogens with two attached hydrogens (primary N) is 1. The van der Waals surface area contributed by atoms with Gasteiger partial charge in [0.25, 0.3) is 0 Å². The fourth-order valence-electron chi connectivity index (χ4n) is 1.75. The van der Waals surface area contributed by atoms with E-state index in [-0.39, 0.29) is 5.91 Å². The van der Waals surface area contributed by atoms with E-state index in [1.807, 2.05) is 31.0 Å². The van der Waals surface area contributed by atoms with Crippen molar-refractivity contribution in [3.63, 3.8) is 0 Å². The third-order valence-electron chi connectivity index (χ3n) is 2.80. The summed E-state index contributed by atoms with van der Waals surface area (Å²) in [5.41, 5.74) is 7.41. The van der Waals surface area contributed by atoms with Crippen LogP contribution in [0, 0.1) is 6.92 Å². The predicted molar refractivity (Wildman–Crippen MR) is 63.2 cm³/mol. The molecule has 86 valence electrons. The lowest BCUT2D eigenvalue weighted by Crippen LogP contribution is -2.49. The van der Waals surface area contributed by atoms with Gasteiger partial charge in [0, 0.05) is 25.8 Å². The number of piperazine rings is 1. The minimum absolute atomic E-state index is 0.106. The van der Waals surface area contributed by atoms with Crippen molar-refractivity contribution in [1.29, 1.82) is 0 Å². The number of amides is 1. The van der Waals surface area contributed by atoms with Gasteiger partial charge in [-0.1, -0.05) is 0 Å². The van der Waals surface area contributed by atoms with Crippen LogP contribution in [0.2, 0.25) is 0 Å². The molecular weight excluding hydrogens is 204 g/mol. The lowest BCUT2D eigenvalue weighted by Gasteiger charge is -2.33. The zero-order chi connectivity index (χ0) is 11.7.